The number of rotatable bonds is 4. The molecule has 0 fully saturated rings. The van der Waals surface area contributed by atoms with Crippen molar-refractivity contribution in [2.45, 2.75) is 26.9 Å². The molecule has 1 aromatic heterocycles. The zero-order valence-electron chi connectivity index (χ0n) is 15.2. The van der Waals surface area contributed by atoms with Crippen LogP contribution in [0.2, 0.25) is 0 Å². The predicted octanol–water partition coefficient (Wildman–Crippen LogP) is 2.69. The Hall–Kier alpha value is -2.81. The van der Waals surface area contributed by atoms with Crippen LogP contribution < -0.4 is 14.5 Å². The van der Waals surface area contributed by atoms with Crippen molar-refractivity contribution in [3.63, 3.8) is 0 Å². The molecule has 130 valence electrons. The smallest absolute Gasteiger partial charge is 0.169 e. The van der Waals surface area contributed by atoms with Crippen LogP contribution in [0.5, 0.6) is 5.75 Å². The fourth-order valence-corrected chi connectivity index (χ4v) is 3.16. The average molecular weight is 337 g/mol. The molecule has 0 saturated heterocycles. The molecule has 25 heavy (non-hydrogen) atoms. The Morgan fingerprint density at radius 3 is 2.80 bits per heavy atom. The Kier molecular flexibility index (Phi) is 4.75. The highest BCUT2D eigenvalue weighted by Gasteiger charge is 2.26. The zero-order valence-corrected chi connectivity index (χ0v) is 15.2. The van der Waals surface area contributed by atoms with Crippen LogP contribution in [0.25, 0.3) is 0 Å². The van der Waals surface area contributed by atoms with Gasteiger partial charge in [0, 0.05) is 13.6 Å². The van der Waals surface area contributed by atoms with Crippen LogP contribution in [0, 0.1) is 25.2 Å². The Bertz CT molecular complexity index is 814. The third-order valence-corrected chi connectivity index (χ3v) is 4.69. The van der Waals surface area contributed by atoms with Crippen molar-refractivity contribution in [2.24, 2.45) is 0 Å². The van der Waals surface area contributed by atoms with E-state index < -0.39 is 0 Å². The summed E-state index contributed by atoms with van der Waals surface area (Å²) in [5, 5.41) is 17.9. The number of hydrogen-bond acceptors (Lipinski definition) is 6. The summed E-state index contributed by atoms with van der Waals surface area (Å²) in [5.74, 6) is 1.51. The molecule has 0 spiro atoms. The summed E-state index contributed by atoms with van der Waals surface area (Å²) in [6.07, 6.45) is -0.00481. The van der Waals surface area contributed by atoms with E-state index in [1.165, 1.54) is 0 Å². The maximum atomic E-state index is 9.50. The molecular formula is C19H23N5O. The summed E-state index contributed by atoms with van der Waals surface area (Å²) in [5.41, 5.74) is 3.38. The van der Waals surface area contributed by atoms with Crippen molar-refractivity contribution in [1.82, 2.24) is 10.2 Å². The van der Waals surface area contributed by atoms with E-state index in [4.69, 9.17) is 4.74 Å². The second-order valence-electron chi connectivity index (χ2n) is 6.35. The molecule has 0 unspecified atom stereocenters. The monoisotopic (exact) mass is 337 g/mol. The number of para-hydroxylation sites is 2. The first-order valence-electron chi connectivity index (χ1n) is 8.50. The van der Waals surface area contributed by atoms with Gasteiger partial charge in [0.25, 0.3) is 0 Å². The Morgan fingerprint density at radius 2 is 2.08 bits per heavy atom. The van der Waals surface area contributed by atoms with Gasteiger partial charge in [0.2, 0.25) is 0 Å². The highest BCUT2D eigenvalue weighted by atomic mass is 16.5. The van der Waals surface area contributed by atoms with Gasteiger partial charge in [-0.1, -0.05) is 12.1 Å². The summed E-state index contributed by atoms with van der Waals surface area (Å²) < 4.78 is 6.17. The predicted molar refractivity (Wildman–Crippen MR) is 98.2 cm³/mol. The van der Waals surface area contributed by atoms with E-state index in [1.54, 1.807) is 0 Å². The molecule has 1 atom stereocenters. The van der Waals surface area contributed by atoms with Gasteiger partial charge in [0.05, 0.1) is 24.5 Å². The topological polar surface area (TPSA) is 65.3 Å². The van der Waals surface area contributed by atoms with Crippen LogP contribution in [0.4, 0.5) is 11.5 Å². The fraction of sp³-hybridized carbons (Fsp3) is 0.421. The molecule has 2 aromatic rings. The van der Waals surface area contributed by atoms with Gasteiger partial charge in [0.1, 0.15) is 23.5 Å². The summed E-state index contributed by atoms with van der Waals surface area (Å²) in [6, 6.07) is 10.4. The molecule has 0 saturated carbocycles. The van der Waals surface area contributed by atoms with Crippen molar-refractivity contribution >= 4 is 11.5 Å². The second kappa shape index (κ2) is 6.98. The molecule has 0 aliphatic carbocycles. The van der Waals surface area contributed by atoms with Crippen molar-refractivity contribution in [2.75, 3.05) is 36.5 Å². The van der Waals surface area contributed by atoms with E-state index in [2.05, 4.69) is 34.2 Å². The van der Waals surface area contributed by atoms with Crippen LogP contribution in [-0.4, -0.2) is 43.0 Å². The summed E-state index contributed by atoms with van der Waals surface area (Å²) in [6.45, 7) is 8.28. The van der Waals surface area contributed by atoms with Gasteiger partial charge in [0.15, 0.2) is 5.82 Å². The summed E-state index contributed by atoms with van der Waals surface area (Å²) in [7, 11) is 1.93. The third-order valence-electron chi connectivity index (χ3n) is 4.69. The average Bonchev–Trinajstić information content (AvgIpc) is 2.62. The highest BCUT2D eigenvalue weighted by Crippen LogP contribution is 2.33. The number of benzene rings is 1. The van der Waals surface area contributed by atoms with Crippen LogP contribution in [-0.2, 0) is 0 Å². The zero-order chi connectivity index (χ0) is 18.0. The fourth-order valence-electron chi connectivity index (χ4n) is 3.16. The minimum absolute atomic E-state index is 0.00481. The van der Waals surface area contributed by atoms with Crippen molar-refractivity contribution < 1.29 is 4.74 Å². The molecule has 6 nitrogen and oxygen atoms in total. The normalized spacial score (nSPS) is 16.0. The first-order valence-corrected chi connectivity index (χ1v) is 8.50. The first kappa shape index (κ1) is 17.0. The molecule has 1 aromatic carbocycles. The lowest BCUT2D eigenvalue weighted by Gasteiger charge is -2.37. The molecule has 0 N–H and O–H groups in total. The highest BCUT2D eigenvalue weighted by molar-refractivity contribution is 5.61. The molecule has 3 rings (SSSR count). The molecule has 2 heterocycles. The van der Waals surface area contributed by atoms with Crippen LogP contribution in [0.15, 0.2) is 24.3 Å². The van der Waals surface area contributed by atoms with Crippen molar-refractivity contribution in [1.29, 1.82) is 5.26 Å². The number of hydrogen-bond donors (Lipinski definition) is 0. The van der Waals surface area contributed by atoms with E-state index in [0.717, 1.165) is 35.8 Å². The van der Waals surface area contributed by atoms with Gasteiger partial charge in [-0.15, -0.1) is 5.10 Å². The lowest BCUT2D eigenvalue weighted by molar-refractivity contribution is 0.200. The Balaban J connectivity index is 1.82. The molecule has 6 heteroatoms. The van der Waals surface area contributed by atoms with Crippen LogP contribution >= 0.6 is 0 Å². The van der Waals surface area contributed by atoms with Gasteiger partial charge in [-0.3, -0.25) is 0 Å². The molecule has 1 aliphatic rings. The van der Waals surface area contributed by atoms with Gasteiger partial charge in [-0.2, -0.15) is 10.4 Å². The third kappa shape index (κ3) is 3.22. The maximum Gasteiger partial charge on any atom is 0.169 e. The number of likely N-dealkylation sites (N-methyl/N-ethyl adjacent to an activating group) is 2. The molecular weight excluding hydrogens is 314 g/mol. The standard InChI is InChI=1S/C19H23N5O/c1-5-24-12-15(25-18-9-7-6-8-17(18)24)11-23(4)19-16(10-20)13(2)14(3)21-22-19/h6-9,15H,5,11-12H2,1-4H3/t15-/m1/s1. The van der Waals surface area contributed by atoms with Gasteiger partial charge in [-0.25, -0.2) is 0 Å². The number of aryl methyl sites for hydroxylation is 1. The summed E-state index contributed by atoms with van der Waals surface area (Å²) >= 11 is 0. The minimum Gasteiger partial charge on any atom is -0.485 e. The summed E-state index contributed by atoms with van der Waals surface area (Å²) in [4.78, 5) is 4.28. The lowest BCUT2D eigenvalue weighted by atomic mass is 10.1. The number of nitrogens with zero attached hydrogens (tertiary/aromatic N) is 5. The molecule has 0 amide bonds. The molecule has 0 bridgehead atoms. The number of anilines is 2. The van der Waals surface area contributed by atoms with E-state index in [1.807, 2.05) is 44.0 Å². The second-order valence-corrected chi connectivity index (χ2v) is 6.35. The van der Waals surface area contributed by atoms with Crippen LogP contribution in [0.3, 0.4) is 0 Å². The minimum atomic E-state index is -0.00481. The number of fused-ring (bicyclic) bond motifs is 1. The number of ether oxygens (including phenoxy) is 1. The van der Waals surface area contributed by atoms with Gasteiger partial charge < -0.3 is 14.5 Å². The van der Waals surface area contributed by atoms with E-state index in [-0.39, 0.29) is 6.10 Å². The van der Waals surface area contributed by atoms with E-state index in [0.29, 0.717) is 17.9 Å². The van der Waals surface area contributed by atoms with Gasteiger partial charge >= 0.3 is 0 Å². The van der Waals surface area contributed by atoms with E-state index in [9.17, 15) is 5.26 Å². The Morgan fingerprint density at radius 1 is 1.32 bits per heavy atom. The van der Waals surface area contributed by atoms with Crippen molar-refractivity contribution in [3.05, 3.63) is 41.1 Å². The van der Waals surface area contributed by atoms with E-state index >= 15 is 0 Å². The van der Waals surface area contributed by atoms with Crippen LogP contribution in [0.1, 0.15) is 23.7 Å². The first-order chi connectivity index (χ1) is 12.0. The Labute approximate surface area is 148 Å². The molecule has 1 aliphatic heterocycles. The molecule has 0 radical (unpaired) electrons. The number of nitriles is 1. The maximum absolute atomic E-state index is 9.50. The lowest BCUT2D eigenvalue weighted by Crippen LogP contribution is -2.46. The van der Waals surface area contributed by atoms with Gasteiger partial charge in [-0.05, 0) is 38.5 Å². The van der Waals surface area contributed by atoms with Crippen molar-refractivity contribution in [3.8, 4) is 11.8 Å². The quantitative estimate of drug-likeness (QED) is 0.855. The number of aromatic nitrogens is 2. The largest absolute Gasteiger partial charge is 0.485 e. The SMILES string of the molecule is CCN1C[C@@H](CN(C)c2nnc(C)c(C)c2C#N)Oc2ccccc21.